The fourth-order valence-corrected chi connectivity index (χ4v) is 1.05. The van der Waals surface area contributed by atoms with E-state index in [1.54, 1.807) is 13.2 Å². The predicted octanol–water partition coefficient (Wildman–Crippen LogP) is 0.744. The molecule has 0 aliphatic carbocycles. The second-order valence-corrected chi connectivity index (χ2v) is 2.81. The number of hydrogen-bond acceptors (Lipinski definition) is 4. The molecule has 0 saturated heterocycles. The molecule has 0 saturated carbocycles. The van der Waals surface area contributed by atoms with Gasteiger partial charge in [0, 0.05) is 7.11 Å². The number of methoxy groups -OCH3 is 1. The van der Waals surface area contributed by atoms with Gasteiger partial charge in [0.05, 0.1) is 12.6 Å². The van der Waals surface area contributed by atoms with Crippen molar-refractivity contribution in [1.82, 2.24) is 0 Å². The van der Waals surface area contributed by atoms with Gasteiger partial charge in [-0.05, 0) is 17.7 Å². The molecule has 1 atom stereocenters. The smallest absolute Gasteiger partial charge is 0.157 e. The van der Waals surface area contributed by atoms with Gasteiger partial charge in [0.25, 0.3) is 0 Å². The Morgan fingerprint density at radius 3 is 2.62 bits per heavy atom. The summed E-state index contributed by atoms with van der Waals surface area (Å²) in [4.78, 5) is 0. The number of rotatable bonds is 3. The molecule has 0 radical (unpaired) electrons. The SMILES string of the molecule is COCC(N)c1ccc(O)c(O)c1. The summed E-state index contributed by atoms with van der Waals surface area (Å²) in [6.45, 7) is 0.379. The minimum absolute atomic E-state index is 0.145. The average molecular weight is 183 g/mol. The Hall–Kier alpha value is -1.26. The third kappa shape index (κ3) is 2.34. The van der Waals surface area contributed by atoms with Crippen LogP contribution in [0.1, 0.15) is 11.6 Å². The molecule has 0 aliphatic rings. The van der Waals surface area contributed by atoms with Gasteiger partial charge < -0.3 is 20.7 Å². The maximum atomic E-state index is 9.17. The number of ether oxygens (including phenoxy) is 1. The molecule has 13 heavy (non-hydrogen) atoms. The first-order valence-electron chi connectivity index (χ1n) is 3.91. The highest BCUT2D eigenvalue weighted by Crippen LogP contribution is 2.26. The number of aromatic hydroxyl groups is 2. The van der Waals surface area contributed by atoms with E-state index in [1.807, 2.05) is 0 Å². The molecule has 1 aromatic carbocycles. The summed E-state index contributed by atoms with van der Waals surface area (Å²) in [5.74, 6) is -0.308. The highest BCUT2D eigenvalue weighted by Gasteiger charge is 2.07. The third-order valence-electron chi connectivity index (χ3n) is 1.77. The summed E-state index contributed by atoms with van der Waals surface area (Å²) < 4.78 is 4.86. The van der Waals surface area contributed by atoms with Gasteiger partial charge in [-0.1, -0.05) is 6.07 Å². The largest absolute Gasteiger partial charge is 0.504 e. The monoisotopic (exact) mass is 183 g/mol. The van der Waals surface area contributed by atoms with Crippen LogP contribution in [-0.4, -0.2) is 23.9 Å². The molecule has 72 valence electrons. The number of benzene rings is 1. The first-order valence-corrected chi connectivity index (χ1v) is 3.91. The zero-order valence-electron chi connectivity index (χ0n) is 7.40. The Morgan fingerprint density at radius 1 is 1.38 bits per heavy atom. The van der Waals surface area contributed by atoms with Crippen LogP contribution in [0.15, 0.2) is 18.2 Å². The Morgan fingerprint density at radius 2 is 2.08 bits per heavy atom. The van der Waals surface area contributed by atoms with E-state index in [2.05, 4.69) is 0 Å². The zero-order valence-corrected chi connectivity index (χ0v) is 7.40. The lowest BCUT2D eigenvalue weighted by Gasteiger charge is -2.11. The number of hydrogen-bond donors (Lipinski definition) is 3. The number of nitrogens with two attached hydrogens (primary N) is 1. The molecular weight excluding hydrogens is 170 g/mol. The van der Waals surface area contributed by atoms with Gasteiger partial charge in [0.1, 0.15) is 0 Å². The second kappa shape index (κ2) is 4.11. The van der Waals surface area contributed by atoms with Crippen LogP contribution in [-0.2, 0) is 4.74 Å². The van der Waals surface area contributed by atoms with Gasteiger partial charge in [0.2, 0.25) is 0 Å². The summed E-state index contributed by atoms with van der Waals surface area (Å²) in [6.07, 6.45) is 0. The second-order valence-electron chi connectivity index (χ2n) is 2.81. The molecule has 0 aliphatic heterocycles. The van der Waals surface area contributed by atoms with Crippen LogP contribution in [0.4, 0.5) is 0 Å². The van der Waals surface area contributed by atoms with Crippen LogP contribution in [0, 0.1) is 0 Å². The van der Waals surface area contributed by atoms with Crippen molar-refractivity contribution in [3.05, 3.63) is 23.8 Å². The van der Waals surface area contributed by atoms with Crippen LogP contribution in [0.25, 0.3) is 0 Å². The lowest BCUT2D eigenvalue weighted by molar-refractivity contribution is 0.181. The molecule has 1 aromatic rings. The van der Waals surface area contributed by atoms with Gasteiger partial charge in [-0.25, -0.2) is 0 Å². The zero-order chi connectivity index (χ0) is 9.84. The summed E-state index contributed by atoms with van der Waals surface area (Å²) in [6, 6.07) is 4.20. The summed E-state index contributed by atoms with van der Waals surface area (Å²) >= 11 is 0. The van der Waals surface area contributed by atoms with E-state index >= 15 is 0 Å². The van der Waals surface area contributed by atoms with Gasteiger partial charge in [0.15, 0.2) is 11.5 Å². The molecule has 0 spiro atoms. The molecule has 0 fully saturated rings. The maximum absolute atomic E-state index is 9.17. The van der Waals surface area contributed by atoms with Crippen molar-refractivity contribution in [3.63, 3.8) is 0 Å². The van der Waals surface area contributed by atoms with Crippen LogP contribution < -0.4 is 5.73 Å². The fourth-order valence-electron chi connectivity index (χ4n) is 1.05. The number of phenols is 2. The molecule has 4 heteroatoms. The first-order chi connectivity index (χ1) is 6.15. The minimum atomic E-state index is -0.281. The van der Waals surface area contributed by atoms with Crippen LogP contribution >= 0.6 is 0 Å². The molecular formula is C9H13NO3. The molecule has 1 rings (SSSR count). The standard InChI is InChI=1S/C9H13NO3/c1-13-5-7(10)6-2-3-8(11)9(12)4-6/h2-4,7,11-12H,5,10H2,1H3. The molecule has 4 nitrogen and oxygen atoms in total. The van der Waals surface area contributed by atoms with Crippen molar-refractivity contribution < 1.29 is 14.9 Å². The lowest BCUT2D eigenvalue weighted by atomic mass is 10.1. The van der Waals surface area contributed by atoms with E-state index in [4.69, 9.17) is 15.6 Å². The van der Waals surface area contributed by atoms with Crippen LogP contribution in [0.3, 0.4) is 0 Å². The van der Waals surface area contributed by atoms with Gasteiger partial charge in [-0.15, -0.1) is 0 Å². The number of phenolic OH excluding ortho intramolecular Hbond substituents is 2. The quantitative estimate of drug-likeness (QED) is 0.604. The first kappa shape index (κ1) is 9.83. The minimum Gasteiger partial charge on any atom is -0.504 e. The summed E-state index contributed by atoms with van der Waals surface area (Å²) in [7, 11) is 1.56. The van der Waals surface area contributed by atoms with Gasteiger partial charge >= 0.3 is 0 Å². The van der Waals surface area contributed by atoms with Crippen molar-refractivity contribution in [1.29, 1.82) is 0 Å². The van der Waals surface area contributed by atoms with E-state index in [0.717, 1.165) is 5.56 Å². The van der Waals surface area contributed by atoms with E-state index < -0.39 is 0 Å². The van der Waals surface area contributed by atoms with E-state index in [9.17, 15) is 5.11 Å². The van der Waals surface area contributed by atoms with Crippen molar-refractivity contribution in [3.8, 4) is 11.5 Å². The van der Waals surface area contributed by atoms with Crippen LogP contribution in [0.5, 0.6) is 11.5 Å². The predicted molar refractivity (Wildman–Crippen MR) is 48.6 cm³/mol. The average Bonchev–Trinajstić information content (AvgIpc) is 2.10. The highest BCUT2D eigenvalue weighted by atomic mass is 16.5. The third-order valence-corrected chi connectivity index (χ3v) is 1.77. The van der Waals surface area contributed by atoms with Gasteiger partial charge in [-0.2, -0.15) is 0 Å². The fraction of sp³-hybridized carbons (Fsp3) is 0.333. The van der Waals surface area contributed by atoms with E-state index in [0.29, 0.717) is 6.61 Å². The van der Waals surface area contributed by atoms with Crippen molar-refractivity contribution in [2.24, 2.45) is 5.73 Å². The maximum Gasteiger partial charge on any atom is 0.157 e. The van der Waals surface area contributed by atoms with E-state index in [-0.39, 0.29) is 17.5 Å². The Kier molecular flexibility index (Phi) is 3.11. The Bertz CT molecular complexity index is 288. The van der Waals surface area contributed by atoms with Crippen LogP contribution in [0.2, 0.25) is 0 Å². The lowest BCUT2D eigenvalue weighted by Crippen LogP contribution is -2.15. The molecule has 0 heterocycles. The molecule has 4 N–H and O–H groups in total. The van der Waals surface area contributed by atoms with Crippen molar-refractivity contribution >= 4 is 0 Å². The molecule has 0 bridgehead atoms. The summed E-state index contributed by atoms with van der Waals surface area (Å²) in [5.41, 5.74) is 6.44. The Labute approximate surface area is 76.6 Å². The van der Waals surface area contributed by atoms with E-state index in [1.165, 1.54) is 12.1 Å². The molecule has 0 amide bonds. The van der Waals surface area contributed by atoms with Crippen molar-refractivity contribution in [2.45, 2.75) is 6.04 Å². The van der Waals surface area contributed by atoms with Gasteiger partial charge in [-0.3, -0.25) is 0 Å². The molecule has 1 unspecified atom stereocenters. The summed E-state index contributed by atoms with van der Waals surface area (Å²) in [5, 5.41) is 18.2. The molecule has 0 aromatic heterocycles. The van der Waals surface area contributed by atoms with Crippen molar-refractivity contribution in [2.75, 3.05) is 13.7 Å². The topological polar surface area (TPSA) is 75.7 Å². The highest BCUT2D eigenvalue weighted by molar-refractivity contribution is 5.41. The normalized spacial score (nSPS) is 12.8. The Balaban J connectivity index is 2.84.